The lowest BCUT2D eigenvalue weighted by Gasteiger charge is -1.93. The van der Waals surface area contributed by atoms with Crippen molar-refractivity contribution in [2.75, 3.05) is 13.2 Å². The van der Waals surface area contributed by atoms with Crippen molar-refractivity contribution in [3.8, 4) is 0 Å². The van der Waals surface area contributed by atoms with Crippen molar-refractivity contribution < 1.29 is 24.5 Å². The second-order valence-electron chi connectivity index (χ2n) is 2.15. The van der Waals surface area contributed by atoms with E-state index in [4.69, 9.17) is 10.2 Å². The normalized spacial score (nSPS) is 7.92. The molecular weight excluding hydrogens is 176 g/mol. The van der Waals surface area contributed by atoms with E-state index in [0.29, 0.717) is 0 Å². The number of carbonyl (C=O) groups is 2. The van der Waals surface area contributed by atoms with Gasteiger partial charge >= 0.3 is 11.9 Å². The van der Waals surface area contributed by atoms with Gasteiger partial charge in [0.05, 0.1) is 6.61 Å². The molecular formula is C8H14O5. The van der Waals surface area contributed by atoms with Crippen LogP contribution in [0, 0.1) is 0 Å². The van der Waals surface area contributed by atoms with Gasteiger partial charge < -0.3 is 14.9 Å². The summed E-state index contributed by atoms with van der Waals surface area (Å²) in [5.41, 5.74) is 0.176. The highest BCUT2D eigenvalue weighted by atomic mass is 16.5. The minimum absolute atomic E-state index is 0.0976. The van der Waals surface area contributed by atoms with Crippen LogP contribution >= 0.6 is 0 Å². The molecule has 13 heavy (non-hydrogen) atoms. The molecule has 2 N–H and O–H groups in total. The molecule has 0 aliphatic carbocycles. The maximum absolute atomic E-state index is 9.87. The minimum Gasteiger partial charge on any atom is -0.478 e. The SMILES string of the molecule is C=C(C)C(=O)O.CC(=O)OCCO. The number of aliphatic carboxylic acids is 1. The molecule has 0 rings (SSSR count). The molecule has 0 bridgehead atoms. The van der Waals surface area contributed by atoms with Crippen molar-refractivity contribution in [1.82, 2.24) is 0 Å². The molecule has 0 aromatic rings. The third-order valence-corrected chi connectivity index (χ3v) is 0.762. The number of carbonyl (C=O) groups excluding carboxylic acids is 1. The van der Waals surface area contributed by atoms with Gasteiger partial charge in [0, 0.05) is 12.5 Å². The van der Waals surface area contributed by atoms with Crippen LogP contribution in [0.15, 0.2) is 12.2 Å². The monoisotopic (exact) mass is 190 g/mol. The number of aliphatic hydroxyl groups excluding tert-OH is 1. The third kappa shape index (κ3) is 18.0. The number of carboxylic acid groups (broad SMARTS) is 1. The largest absolute Gasteiger partial charge is 0.478 e. The zero-order valence-corrected chi connectivity index (χ0v) is 7.74. The van der Waals surface area contributed by atoms with Crippen LogP contribution in [-0.4, -0.2) is 35.4 Å². The molecule has 0 aliphatic rings. The first-order valence-corrected chi connectivity index (χ1v) is 3.54. The summed E-state index contributed by atoms with van der Waals surface area (Å²) in [5.74, 6) is -1.29. The van der Waals surface area contributed by atoms with E-state index in [-0.39, 0.29) is 24.8 Å². The predicted molar refractivity (Wildman–Crippen MR) is 46.2 cm³/mol. The fourth-order valence-electron chi connectivity index (χ4n) is 0.189. The third-order valence-electron chi connectivity index (χ3n) is 0.762. The Morgan fingerprint density at radius 3 is 1.85 bits per heavy atom. The molecule has 0 heterocycles. The minimum atomic E-state index is -0.935. The first-order valence-electron chi connectivity index (χ1n) is 3.54. The highest BCUT2D eigenvalue weighted by Crippen LogP contribution is 1.81. The molecule has 0 aromatic carbocycles. The number of hydrogen-bond acceptors (Lipinski definition) is 4. The van der Waals surface area contributed by atoms with Gasteiger partial charge in [0.25, 0.3) is 0 Å². The summed E-state index contributed by atoms with van der Waals surface area (Å²) in [6.45, 7) is 5.91. The van der Waals surface area contributed by atoms with Gasteiger partial charge in [-0.3, -0.25) is 4.79 Å². The van der Waals surface area contributed by atoms with Crippen molar-refractivity contribution in [1.29, 1.82) is 0 Å². The van der Waals surface area contributed by atoms with Crippen LogP contribution in [0.3, 0.4) is 0 Å². The molecule has 0 amide bonds. The van der Waals surface area contributed by atoms with Gasteiger partial charge in [-0.05, 0) is 6.92 Å². The fourth-order valence-corrected chi connectivity index (χ4v) is 0.189. The first-order chi connectivity index (χ1) is 5.91. The summed E-state index contributed by atoms with van der Waals surface area (Å²) in [5, 5.41) is 15.9. The Hall–Kier alpha value is -1.36. The Kier molecular flexibility index (Phi) is 9.53. The second-order valence-corrected chi connectivity index (χ2v) is 2.15. The summed E-state index contributed by atoms with van der Waals surface area (Å²) in [7, 11) is 0. The zero-order valence-electron chi connectivity index (χ0n) is 7.74. The first kappa shape index (κ1) is 14.2. The van der Waals surface area contributed by atoms with Crippen LogP contribution in [-0.2, 0) is 14.3 Å². The molecule has 5 nitrogen and oxygen atoms in total. The fraction of sp³-hybridized carbons (Fsp3) is 0.500. The van der Waals surface area contributed by atoms with Gasteiger partial charge in [0.2, 0.25) is 0 Å². The topological polar surface area (TPSA) is 83.8 Å². The van der Waals surface area contributed by atoms with Crippen molar-refractivity contribution in [3.63, 3.8) is 0 Å². The lowest BCUT2D eigenvalue weighted by Crippen LogP contribution is -2.03. The van der Waals surface area contributed by atoms with Gasteiger partial charge in [-0.2, -0.15) is 0 Å². The molecule has 0 fully saturated rings. The van der Waals surface area contributed by atoms with Gasteiger partial charge in [-0.1, -0.05) is 6.58 Å². The molecule has 0 radical (unpaired) electrons. The summed E-state index contributed by atoms with van der Waals surface area (Å²) in [6, 6.07) is 0. The highest BCUT2D eigenvalue weighted by molar-refractivity contribution is 5.84. The molecule has 76 valence electrons. The van der Waals surface area contributed by atoms with Crippen molar-refractivity contribution in [3.05, 3.63) is 12.2 Å². The average Bonchev–Trinajstić information content (AvgIpc) is 2.01. The predicted octanol–water partition coefficient (Wildman–Crippen LogP) is 0.189. The lowest BCUT2D eigenvalue weighted by molar-refractivity contribution is -0.141. The molecule has 0 saturated heterocycles. The molecule has 0 atom stereocenters. The van der Waals surface area contributed by atoms with Crippen LogP contribution in [0.25, 0.3) is 0 Å². The average molecular weight is 190 g/mol. The number of rotatable bonds is 3. The Labute approximate surface area is 76.6 Å². The van der Waals surface area contributed by atoms with Gasteiger partial charge in [0.1, 0.15) is 6.61 Å². The maximum atomic E-state index is 9.87. The maximum Gasteiger partial charge on any atom is 0.330 e. The Morgan fingerprint density at radius 1 is 1.38 bits per heavy atom. The van der Waals surface area contributed by atoms with E-state index in [9.17, 15) is 9.59 Å². The Balaban J connectivity index is 0. The number of ether oxygens (including phenoxy) is 1. The van der Waals surface area contributed by atoms with E-state index in [1.807, 2.05) is 0 Å². The summed E-state index contributed by atoms with van der Waals surface area (Å²) >= 11 is 0. The quantitative estimate of drug-likeness (QED) is 0.490. The van der Waals surface area contributed by atoms with Gasteiger partial charge in [-0.25, -0.2) is 4.79 Å². The van der Waals surface area contributed by atoms with Crippen molar-refractivity contribution >= 4 is 11.9 Å². The number of esters is 1. The van der Waals surface area contributed by atoms with E-state index in [1.165, 1.54) is 13.8 Å². The van der Waals surface area contributed by atoms with Crippen LogP contribution in [0.1, 0.15) is 13.8 Å². The summed E-state index contributed by atoms with van der Waals surface area (Å²) in [4.78, 5) is 19.5. The standard InChI is InChI=1S/C4H8O3.C4H6O2/c1-4(6)7-3-2-5;1-3(2)4(5)6/h5H,2-3H2,1H3;1H2,2H3,(H,5,6). The molecule has 0 aliphatic heterocycles. The van der Waals surface area contributed by atoms with E-state index in [0.717, 1.165) is 0 Å². The Morgan fingerprint density at radius 2 is 1.77 bits per heavy atom. The van der Waals surface area contributed by atoms with Crippen molar-refractivity contribution in [2.45, 2.75) is 13.8 Å². The van der Waals surface area contributed by atoms with Crippen molar-refractivity contribution in [2.24, 2.45) is 0 Å². The molecule has 0 aromatic heterocycles. The van der Waals surface area contributed by atoms with Crippen LogP contribution in [0.4, 0.5) is 0 Å². The molecule has 0 saturated carbocycles. The summed E-state index contributed by atoms with van der Waals surface area (Å²) in [6.07, 6.45) is 0. The zero-order chi connectivity index (χ0) is 10.9. The van der Waals surface area contributed by atoms with Crippen LogP contribution in [0.2, 0.25) is 0 Å². The van der Waals surface area contributed by atoms with Crippen LogP contribution in [0.5, 0.6) is 0 Å². The van der Waals surface area contributed by atoms with Gasteiger partial charge in [0.15, 0.2) is 0 Å². The molecule has 0 spiro atoms. The lowest BCUT2D eigenvalue weighted by atomic mass is 10.4. The number of aliphatic hydroxyl groups is 1. The van der Waals surface area contributed by atoms with Crippen LogP contribution < -0.4 is 0 Å². The van der Waals surface area contributed by atoms with E-state index < -0.39 is 5.97 Å². The van der Waals surface area contributed by atoms with Gasteiger partial charge in [-0.15, -0.1) is 0 Å². The smallest absolute Gasteiger partial charge is 0.330 e. The molecule has 0 unspecified atom stereocenters. The van der Waals surface area contributed by atoms with E-state index >= 15 is 0 Å². The van der Waals surface area contributed by atoms with E-state index in [2.05, 4.69) is 11.3 Å². The number of carboxylic acids is 1. The number of hydrogen-bond donors (Lipinski definition) is 2. The summed E-state index contributed by atoms with van der Waals surface area (Å²) < 4.78 is 4.30. The second kappa shape index (κ2) is 8.73. The van der Waals surface area contributed by atoms with E-state index in [1.54, 1.807) is 0 Å². The molecule has 5 heteroatoms. The Bertz CT molecular complexity index is 173. The highest BCUT2D eigenvalue weighted by Gasteiger charge is 1.90.